The maximum atomic E-state index is 12.7. The molecule has 0 bridgehead atoms. The van der Waals surface area contributed by atoms with E-state index in [0.717, 1.165) is 22.2 Å². The Morgan fingerprint density at radius 2 is 1.94 bits per heavy atom. The standard InChI is InChI=1S/C23H22N2O7S/c1-13-5-4-6-16(9-13)24-20(26)12-25-21(27)19(33-23(25)30)11-15-7-8-17(18(10-15)31-3)32-14(2)22(28)29/h4-11,14H,12H2,1-3H3,(H,24,26)(H,28,29)/b19-11+/t14-/m0/s1. The van der Waals surface area contributed by atoms with Gasteiger partial charge in [0, 0.05) is 5.69 Å². The fourth-order valence-electron chi connectivity index (χ4n) is 2.97. The molecule has 2 aromatic rings. The minimum absolute atomic E-state index is 0.151. The van der Waals surface area contributed by atoms with Crippen LogP contribution in [0.4, 0.5) is 10.5 Å². The minimum Gasteiger partial charge on any atom is -0.493 e. The number of benzene rings is 2. The van der Waals surface area contributed by atoms with Gasteiger partial charge < -0.3 is 19.9 Å². The SMILES string of the molecule is COc1cc(/C=C2/SC(=O)N(CC(=O)Nc3cccc(C)c3)C2=O)ccc1O[C@@H](C)C(=O)O. The van der Waals surface area contributed by atoms with Gasteiger partial charge >= 0.3 is 5.97 Å². The molecule has 33 heavy (non-hydrogen) atoms. The lowest BCUT2D eigenvalue weighted by atomic mass is 10.1. The Balaban J connectivity index is 1.72. The molecular formula is C23H22N2O7S. The van der Waals surface area contributed by atoms with Gasteiger partial charge in [0.15, 0.2) is 17.6 Å². The van der Waals surface area contributed by atoms with Crippen molar-refractivity contribution in [1.29, 1.82) is 0 Å². The molecule has 0 saturated carbocycles. The van der Waals surface area contributed by atoms with Crippen molar-refractivity contribution in [2.75, 3.05) is 19.0 Å². The molecule has 1 heterocycles. The number of nitrogens with zero attached hydrogens (tertiary/aromatic N) is 1. The van der Waals surface area contributed by atoms with E-state index in [0.29, 0.717) is 11.3 Å². The van der Waals surface area contributed by atoms with Crippen molar-refractivity contribution in [3.63, 3.8) is 0 Å². The molecule has 0 radical (unpaired) electrons. The third-order valence-electron chi connectivity index (χ3n) is 4.61. The summed E-state index contributed by atoms with van der Waals surface area (Å²) in [5.74, 6) is -1.69. The number of methoxy groups -OCH3 is 1. The van der Waals surface area contributed by atoms with E-state index >= 15 is 0 Å². The Hall–Kier alpha value is -3.79. The number of hydrogen-bond donors (Lipinski definition) is 2. The van der Waals surface area contributed by atoms with Crippen LogP contribution in [0.15, 0.2) is 47.4 Å². The van der Waals surface area contributed by atoms with Crippen LogP contribution in [0.3, 0.4) is 0 Å². The highest BCUT2D eigenvalue weighted by molar-refractivity contribution is 8.18. The van der Waals surface area contributed by atoms with Crippen molar-refractivity contribution < 1.29 is 33.8 Å². The predicted octanol–water partition coefficient (Wildman–Crippen LogP) is 3.53. The van der Waals surface area contributed by atoms with E-state index in [-0.39, 0.29) is 16.4 Å². The Bertz CT molecular complexity index is 1150. The molecule has 1 aliphatic rings. The summed E-state index contributed by atoms with van der Waals surface area (Å²) in [5, 5.41) is 11.1. The van der Waals surface area contributed by atoms with Crippen molar-refractivity contribution in [3.05, 3.63) is 58.5 Å². The van der Waals surface area contributed by atoms with E-state index in [2.05, 4.69) is 5.32 Å². The molecule has 1 aliphatic heterocycles. The zero-order chi connectivity index (χ0) is 24.1. The molecule has 9 nitrogen and oxygen atoms in total. The third kappa shape index (κ3) is 5.92. The highest BCUT2D eigenvalue weighted by Crippen LogP contribution is 2.34. The number of hydrogen-bond acceptors (Lipinski definition) is 7. The average molecular weight is 471 g/mol. The van der Waals surface area contributed by atoms with Gasteiger partial charge in [-0.25, -0.2) is 4.79 Å². The minimum atomic E-state index is -1.12. The van der Waals surface area contributed by atoms with E-state index in [1.165, 1.54) is 26.2 Å². The summed E-state index contributed by atoms with van der Waals surface area (Å²) in [5.41, 5.74) is 2.08. The van der Waals surface area contributed by atoms with Crippen LogP contribution in [0.5, 0.6) is 11.5 Å². The summed E-state index contributed by atoms with van der Waals surface area (Å²) in [6.45, 7) is 2.87. The number of carboxylic acids is 1. The first-order valence-electron chi connectivity index (χ1n) is 9.87. The van der Waals surface area contributed by atoms with Crippen molar-refractivity contribution in [3.8, 4) is 11.5 Å². The number of nitrogens with one attached hydrogen (secondary N) is 1. The van der Waals surface area contributed by atoms with Crippen LogP contribution in [-0.2, 0) is 14.4 Å². The molecule has 1 saturated heterocycles. The van der Waals surface area contributed by atoms with Gasteiger partial charge in [-0.1, -0.05) is 18.2 Å². The van der Waals surface area contributed by atoms with Gasteiger partial charge in [-0.15, -0.1) is 0 Å². The van der Waals surface area contributed by atoms with E-state index in [4.69, 9.17) is 14.6 Å². The van der Waals surface area contributed by atoms with Crippen molar-refractivity contribution >= 4 is 46.5 Å². The number of thioether (sulfide) groups is 1. The molecule has 2 N–H and O–H groups in total. The van der Waals surface area contributed by atoms with Crippen molar-refractivity contribution in [2.24, 2.45) is 0 Å². The second-order valence-corrected chi connectivity index (χ2v) is 8.19. The first kappa shape index (κ1) is 23.9. The molecule has 1 fully saturated rings. The second kappa shape index (κ2) is 10.2. The Morgan fingerprint density at radius 1 is 1.18 bits per heavy atom. The summed E-state index contributed by atoms with van der Waals surface area (Å²) in [4.78, 5) is 49.4. The van der Waals surface area contributed by atoms with E-state index in [9.17, 15) is 19.2 Å². The summed E-state index contributed by atoms with van der Waals surface area (Å²) in [6, 6.07) is 11.9. The van der Waals surface area contributed by atoms with Gasteiger partial charge in [0.1, 0.15) is 6.54 Å². The highest BCUT2D eigenvalue weighted by Gasteiger charge is 2.36. The average Bonchev–Trinajstić information content (AvgIpc) is 3.01. The number of anilines is 1. The van der Waals surface area contributed by atoms with Crippen LogP contribution >= 0.6 is 11.8 Å². The normalized spacial score (nSPS) is 15.5. The summed E-state index contributed by atoms with van der Waals surface area (Å²) >= 11 is 0.728. The van der Waals surface area contributed by atoms with Crippen LogP contribution in [-0.4, -0.2) is 52.8 Å². The van der Waals surface area contributed by atoms with E-state index in [1.54, 1.807) is 30.3 Å². The summed E-state index contributed by atoms with van der Waals surface area (Å²) < 4.78 is 10.6. The van der Waals surface area contributed by atoms with Crippen molar-refractivity contribution in [2.45, 2.75) is 20.0 Å². The molecule has 0 spiro atoms. The number of carboxylic acid groups (broad SMARTS) is 1. The predicted molar refractivity (Wildman–Crippen MR) is 123 cm³/mol. The molecule has 2 aromatic carbocycles. The number of carbonyl (C=O) groups excluding carboxylic acids is 3. The number of imide groups is 1. The summed E-state index contributed by atoms with van der Waals surface area (Å²) in [7, 11) is 1.40. The number of rotatable bonds is 8. The molecule has 0 unspecified atom stereocenters. The topological polar surface area (TPSA) is 122 Å². The largest absolute Gasteiger partial charge is 0.493 e. The number of amides is 3. The molecule has 0 aliphatic carbocycles. The van der Waals surface area contributed by atoms with Crippen LogP contribution in [0.2, 0.25) is 0 Å². The molecule has 3 amide bonds. The number of aryl methyl sites for hydroxylation is 1. The Labute approximate surface area is 194 Å². The van der Waals surface area contributed by atoms with Gasteiger partial charge in [-0.3, -0.25) is 19.3 Å². The fraction of sp³-hybridized carbons (Fsp3) is 0.217. The smallest absolute Gasteiger partial charge is 0.344 e. The third-order valence-corrected chi connectivity index (χ3v) is 5.52. The van der Waals surface area contributed by atoms with Crippen molar-refractivity contribution in [1.82, 2.24) is 4.90 Å². The molecular weight excluding hydrogens is 448 g/mol. The zero-order valence-electron chi connectivity index (χ0n) is 18.2. The molecule has 10 heteroatoms. The first-order valence-corrected chi connectivity index (χ1v) is 10.7. The number of ether oxygens (including phenoxy) is 2. The number of carbonyl (C=O) groups is 4. The maximum Gasteiger partial charge on any atom is 0.344 e. The number of aliphatic carboxylic acids is 1. The van der Waals surface area contributed by atoms with Crippen LogP contribution in [0.25, 0.3) is 6.08 Å². The Morgan fingerprint density at radius 3 is 2.61 bits per heavy atom. The maximum absolute atomic E-state index is 12.7. The van der Waals surface area contributed by atoms with Crippen LogP contribution in [0, 0.1) is 6.92 Å². The monoisotopic (exact) mass is 470 g/mol. The van der Waals surface area contributed by atoms with Gasteiger partial charge in [0.25, 0.3) is 11.1 Å². The summed E-state index contributed by atoms with van der Waals surface area (Å²) in [6.07, 6.45) is 0.420. The molecule has 0 aromatic heterocycles. The van der Waals surface area contributed by atoms with E-state index < -0.39 is 35.7 Å². The van der Waals surface area contributed by atoms with Crippen LogP contribution < -0.4 is 14.8 Å². The van der Waals surface area contributed by atoms with Crippen LogP contribution in [0.1, 0.15) is 18.1 Å². The highest BCUT2D eigenvalue weighted by atomic mass is 32.2. The fourth-order valence-corrected chi connectivity index (χ4v) is 3.81. The Kier molecular flexibility index (Phi) is 7.39. The zero-order valence-corrected chi connectivity index (χ0v) is 19.0. The van der Waals surface area contributed by atoms with Gasteiger partial charge in [0.05, 0.1) is 12.0 Å². The lowest BCUT2D eigenvalue weighted by Gasteiger charge is -2.14. The second-order valence-electron chi connectivity index (χ2n) is 7.19. The lowest BCUT2D eigenvalue weighted by Crippen LogP contribution is -2.36. The molecule has 3 rings (SSSR count). The van der Waals surface area contributed by atoms with Gasteiger partial charge in [-0.05, 0) is 67.1 Å². The molecule has 172 valence electrons. The lowest BCUT2D eigenvalue weighted by molar-refractivity contribution is -0.144. The van der Waals surface area contributed by atoms with E-state index in [1.807, 2.05) is 13.0 Å². The first-order chi connectivity index (χ1) is 15.7. The molecule has 1 atom stereocenters. The van der Waals surface area contributed by atoms with Gasteiger partial charge in [-0.2, -0.15) is 0 Å². The quantitative estimate of drug-likeness (QED) is 0.562. The van der Waals surface area contributed by atoms with Gasteiger partial charge in [0.2, 0.25) is 5.91 Å².